The zero-order valence-corrected chi connectivity index (χ0v) is 9.74. The maximum Gasteiger partial charge on any atom is 0.148 e. The maximum absolute atomic E-state index is 11.0. The molecule has 0 bridgehead atoms. The third-order valence-corrected chi connectivity index (χ3v) is 4.32. The summed E-state index contributed by atoms with van der Waals surface area (Å²) < 4.78 is 22.1. The van der Waals surface area contributed by atoms with E-state index in [-0.39, 0.29) is 11.0 Å². The van der Waals surface area contributed by atoms with Crippen LogP contribution in [0.25, 0.3) is 0 Å². The molecule has 1 rings (SSSR count). The molecule has 1 aliphatic rings. The van der Waals surface area contributed by atoms with Crippen LogP contribution in [-0.4, -0.2) is 38.8 Å². The summed E-state index contributed by atoms with van der Waals surface area (Å²) in [7, 11) is -2.89. The van der Waals surface area contributed by atoms with Gasteiger partial charge in [-0.2, -0.15) is 12.6 Å². The van der Waals surface area contributed by atoms with Gasteiger partial charge < -0.3 is 5.32 Å². The highest BCUT2D eigenvalue weighted by molar-refractivity contribution is 7.92. The fraction of sp³-hybridized carbons (Fsp3) is 1.00. The second-order valence-electron chi connectivity index (χ2n) is 3.96. The molecule has 0 aromatic rings. The number of hydrogen-bond acceptors (Lipinski definition) is 4. The molecular weight excluding hydrogens is 206 g/mol. The highest BCUT2D eigenvalue weighted by Crippen LogP contribution is 2.24. The van der Waals surface area contributed by atoms with Gasteiger partial charge in [0.25, 0.3) is 0 Å². The van der Waals surface area contributed by atoms with E-state index in [0.29, 0.717) is 11.8 Å². The van der Waals surface area contributed by atoms with Crippen molar-refractivity contribution in [1.29, 1.82) is 0 Å². The molecule has 0 aliphatic carbocycles. The van der Waals surface area contributed by atoms with Crippen LogP contribution in [0.3, 0.4) is 0 Å². The molecule has 3 nitrogen and oxygen atoms in total. The fourth-order valence-electron chi connectivity index (χ4n) is 1.78. The molecule has 0 aromatic carbocycles. The Morgan fingerprint density at radius 1 is 1.54 bits per heavy atom. The second-order valence-corrected chi connectivity index (χ2v) is 6.81. The molecule has 13 heavy (non-hydrogen) atoms. The first-order valence-electron chi connectivity index (χ1n) is 4.46. The van der Waals surface area contributed by atoms with Crippen LogP contribution in [0.2, 0.25) is 0 Å². The van der Waals surface area contributed by atoms with Crippen LogP contribution in [0.15, 0.2) is 0 Å². The number of hydrogen-bond donors (Lipinski definition) is 2. The molecule has 0 radical (unpaired) electrons. The summed E-state index contributed by atoms with van der Waals surface area (Å²) in [6.45, 7) is 4.01. The van der Waals surface area contributed by atoms with Crippen molar-refractivity contribution < 1.29 is 8.42 Å². The SMILES string of the molecule is CC1CNC[C@H]1[C@@H](S)CS(C)(=O)=O. The smallest absolute Gasteiger partial charge is 0.148 e. The van der Waals surface area contributed by atoms with Crippen LogP contribution < -0.4 is 5.32 Å². The van der Waals surface area contributed by atoms with Gasteiger partial charge >= 0.3 is 0 Å². The molecule has 0 aromatic heterocycles. The van der Waals surface area contributed by atoms with Gasteiger partial charge in [-0.1, -0.05) is 6.92 Å². The zero-order chi connectivity index (χ0) is 10.1. The largest absolute Gasteiger partial charge is 0.316 e. The van der Waals surface area contributed by atoms with Crippen molar-refractivity contribution in [2.75, 3.05) is 25.1 Å². The summed E-state index contributed by atoms with van der Waals surface area (Å²) in [6, 6.07) is 0. The Kier molecular flexibility index (Phi) is 3.65. The molecule has 1 unspecified atom stereocenters. The molecule has 3 atom stereocenters. The quantitative estimate of drug-likeness (QED) is 0.671. The predicted octanol–water partition coefficient (Wildman–Crippen LogP) is 0.185. The van der Waals surface area contributed by atoms with Crippen molar-refractivity contribution >= 4 is 22.5 Å². The van der Waals surface area contributed by atoms with Gasteiger partial charge in [-0.15, -0.1) is 0 Å². The van der Waals surface area contributed by atoms with Crippen molar-refractivity contribution in [2.45, 2.75) is 12.2 Å². The van der Waals surface area contributed by atoms with Gasteiger partial charge in [0.1, 0.15) is 9.84 Å². The third kappa shape index (κ3) is 3.48. The van der Waals surface area contributed by atoms with Gasteiger partial charge in [0.15, 0.2) is 0 Å². The van der Waals surface area contributed by atoms with Crippen LogP contribution in [0.5, 0.6) is 0 Å². The molecule has 1 fully saturated rings. The van der Waals surface area contributed by atoms with Crippen LogP contribution >= 0.6 is 12.6 Å². The van der Waals surface area contributed by atoms with Crippen LogP contribution in [0.4, 0.5) is 0 Å². The van der Waals surface area contributed by atoms with Gasteiger partial charge in [0, 0.05) is 11.5 Å². The molecule has 78 valence electrons. The lowest BCUT2D eigenvalue weighted by Crippen LogP contribution is -2.28. The highest BCUT2D eigenvalue weighted by Gasteiger charge is 2.30. The van der Waals surface area contributed by atoms with Crippen LogP contribution in [0.1, 0.15) is 6.92 Å². The molecule has 0 amide bonds. The summed E-state index contributed by atoms with van der Waals surface area (Å²) in [5.41, 5.74) is 0. The van der Waals surface area contributed by atoms with E-state index in [4.69, 9.17) is 0 Å². The Morgan fingerprint density at radius 2 is 2.15 bits per heavy atom. The average Bonchev–Trinajstić information content (AvgIpc) is 2.30. The van der Waals surface area contributed by atoms with E-state index >= 15 is 0 Å². The maximum atomic E-state index is 11.0. The van der Waals surface area contributed by atoms with Crippen molar-refractivity contribution in [2.24, 2.45) is 11.8 Å². The first kappa shape index (κ1) is 11.3. The Morgan fingerprint density at radius 3 is 2.54 bits per heavy atom. The fourth-order valence-corrected chi connectivity index (χ4v) is 3.86. The Labute approximate surface area is 85.6 Å². The van der Waals surface area contributed by atoms with Gasteiger partial charge in [-0.05, 0) is 24.9 Å². The second kappa shape index (κ2) is 4.19. The van der Waals surface area contributed by atoms with E-state index in [2.05, 4.69) is 24.9 Å². The normalized spacial score (nSPS) is 31.9. The molecule has 1 aliphatic heterocycles. The van der Waals surface area contributed by atoms with E-state index in [9.17, 15) is 8.42 Å². The van der Waals surface area contributed by atoms with Gasteiger partial charge in [0.05, 0.1) is 5.75 Å². The molecule has 1 N–H and O–H groups in total. The number of thiol groups is 1. The zero-order valence-electron chi connectivity index (χ0n) is 8.03. The summed E-state index contributed by atoms with van der Waals surface area (Å²) in [5, 5.41) is 3.22. The lowest BCUT2D eigenvalue weighted by atomic mass is 9.95. The molecule has 5 heteroatoms. The summed E-state index contributed by atoms with van der Waals surface area (Å²) in [6.07, 6.45) is 1.27. The van der Waals surface area contributed by atoms with Gasteiger partial charge in [0.2, 0.25) is 0 Å². The van der Waals surface area contributed by atoms with Crippen LogP contribution in [0, 0.1) is 11.8 Å². The van der Waals surface area contributed by atoms with E-state index in [1.807, 2.05) is 0 Å². The molecule has 1 heterocycles. The Hall–Kier alpha value is 0.260. The lowest BCUT2D eigenvalue weighted by molar-refractivity contribution is 0.450. The van der Waals surface area contributed by atoms with Crippen molar-refractivity contribution in [3.63, 3.8) is 0 Å². The van der Waals surface area contributed by atoms with Crippen LogP contribution in [-0.2, 0) is 9.84 Å². The topological polar surface area (TPSA) is 46.2 Å². The minimum absolute atomic E-state index is 0.0278. The standard InChI is InChI=1S/C8H17NO2S2/c1-6-3-9-4-7(6)8(12)5-13(2,10)11/h6-9,12H,3-5H2,1-2H3/t6?,7-,8+/m1/s1. The first-order valence-corrected chi connectivity index (χ1v) is 7.04. The molecule has 0 saturated carbocycles. The van der Waals surface area contributed by atoms with Crippen molar-refractivity contribution in [3.8, 4) is 0 Å². The summed E-state index contributed by atoms with van der Waals surface area (Å²) >= 11 is 4.36. The van der Waals surface area contributed by atoms with Gasteiger partial charge in [-0.3, -0.25) is 0 Å². The number of rotatable bonds is 3. The average molecular weight is 223 g/mol. The number of sulfone groups is 1. The minimum atomic E-state index is -2.89. The summed E-state index contributed by atoms with van der Waals surface area (Å²) in [5.74, 6) is 1.11. The first-order chi connectivity index (χ1) is 5.90. The monoisotopic (exact) mass is 223 g/mol. The van der Waals surface area contributed by atoms with E-state index in [1.54, 1.807) is 0 Å². The Balaban J connectivity index is 2.52. The molecule has 0 spiro atoms. The Bertz CT molecular complexity index is 263. The van der Waals surface area contributed by atoms with E-state index in [1.165, 1.54) is 6.26 Å². The molecule has 1 saturated heterocycles. The third-order valence-electron chi connectivity index (χ3n) is 2.54. The van der Waals surface area contributed by atoms with Gasteiger partial charge in [-0.25, -0.2) is 8.42 Å². The predicted molar refractivity (Wildman–Crippen MR) is 58.0 cm³/mol. The lowest BCUT2D eigenvalue weighted by Gasteiger charge is -2.20. The van der Waals surface area contributed by atoms with Crippen molar-refractivity contribution in [3.05, 3.63) is 0 Å². The highest BCUT2D eigenvalue weighted by atomic mass is 32.2. The summed E-state index contributed by atoms with van der Waals surface area (Å²) in [4.78, 5) is 0. The van der Waals surface area contributed by atoms with E-state index < -0.39 is 9.84 Å². The van der Waals surface area contributed by atoms with Crippen molar-refractivity contribution in [1.82, 2.24) is 5.32 Å². The number of nitrogens with one attached hydrogen (secondary N) is 1. The van der Waals surface area contributed by atoms with E-state index in [0.717, 1.165) is 13.1 Å². The molecular formula is C8H17NO2S2. The minimum Gasteiger partial charge on any atom is -0.316 e.